The van der Waals surface area contributed by atoms with Crippen LogP contribution in [0.4, 0.5) is 0 Å². The molecule has 1 aromatic carbocycles. The molecule has 0 unspecified atom stereocenters. The Balaban J connectivity index is 1.62. The van der Waals surface area contributed by atoms with Crippen molar-refractivity contribution in [2.45, 2.75) is 38.3 Å². The van der Waals surface area contributed by atoms with Crippen LogP contribution in [0.5, 0.6) is 11.5 Å². The van der Waals surface area contributed by atoms with Gasteiger partial charge in [0.1, 0.15) is 4.88 Å². The predicted molar refractivity (Wildman–Crippen MR) is 87.0 cm³/mol. The molecule has 1 aromatic heterocycles. The third kappa shape index (κ3) is 3.98. The van der Waals surface area contributed by atoms with Crippen molar-refractivity contribution in [1.82, 2.24) is 14.9 Å². The van der Waals surface area contributed by atoms with Crippen molar-refractivity contribution in [3.05, 3.63) is 34.8 Å². The van der Waals surface area contributed by atoms with Gasteiger partial charge in [-0.2, -0.15) is 0 Å². The van der Waals surface area contributed by atoms with Crippen LogP contribution < -0.4 is 14.8 Å². The highest BCUT2D eigenvalue weighted by atomic mass is 32.1. The van der Waals surface area contributed by atoms with Crippen LogP contribution in [-0.4, -0.2) is 28.7 Å². The summed E-state index contributed by atoms with van der Waals surface area (Å²) in [4.78, 5) is 12.4. The fraction of sp³-hybridized carbons (Fsp3) is 0.438. The first kappa shape index (κ1) is 15.7. The molecular weight excluding hydrogens is 314 g/mol. The second-order valence-electron chi connectivity index (χ2n) is 5.47. The van der Waals surface area contributed by atoms with Crippen LogP contribution in [0.3, 0.4) is 0 Å². The average molecular weight is 333 g/mol. The highest BCUT2D eigenvalue weighted by Crippen LogP contribution is 2.32. The molecule has 23 heavy (non-hydrogen) atoms. The van der Waals surface area contributed by atoms with E-state index in [-0.39, 0.29) is 12.0 Å². The number of carbonyl (C=O) groups is 1. The van der Waals surface area contributed by atoms with Crippen LogP contribution in [0.15, 0.2) is 24.4 Å². The largest absolute Gasteiger partial charge is 0.493 e. The van der Waals surface area contributed by atoms with Crippen molar-refractivity contribution in [1.29, 1.82) is 0 Å². The number of rotatable bonds is 6. The molecule has 0 atom stereocenters. The second kappa shape index (κ2) is 7.41. The summed E-state index contributed by atoms with van der Waals surface area (Å²) in [6.45, 7) is 0.413. The standard InChI is InChI=1S/C16H19N3O3S/c1-21-14-8-11(9-17-16(20)15-10-18-19-23-15)6-7-13(14)22-12-4-2-3-5-12/h6-8,10,12H,2-5,9H2,1H3,(H,17,20). The number of hydrogen-bond acceptors (Lipinski definition) is 6. The summed E-state index contributed by atoms with van der Waals surface area (Å²) in [5.41, 5.74) is 0.950. The SMILES string of the molecule is COc1cc(CNC(=O)c2cnns2)ccc1OC1CCCC1. The Labute approximate surface area is 139 Å². The summed E-state index contributed by atoms with van der Waals surface area (Å²) >= 11 is 1.08. The molecule has 2 aromatic rings. The zero-order valence-corrected chi connectivity index (χ0v) is 13.8. The van der Waals surface area contributed by atoms with E-state index in [1.54, 1.807) is 7.11 Å². The van der Waals surface area contributed by atoms with E-state index in [1.807, 2.05) is 18.2 Å². The lowest BCUT2D eigenvalue weighted by Gasteiger charge is -2.16. The van der Waals surface area contributed by atoms with E-state index in [0.717, 1.165) is 35.7 Å². The molecule has 1 N–H and O–H groups in total. The number of aromatic nitrogens is 2. The Bertz CT molecular complexity index is 655. The van der Waals surface area contributed by atoms with Gasteiger partial charge in [0.05, 0.1) is 19.4 Å². The van der Waals surface area contributed by atoms with Crippen LogP contribution in [0.25, 0.3) is 0 Å². The summed E-state index contributed by atoms with van der Waals surface area (Å²) in [6.07, 6.45) is 6.40. The van der Waals surface area contributed by atoms with E-state index < -0.39 is 0 Å². The van der Waals surface area contributed by atoms with Crippen molar-refractivity contribution in [3.8, 4) is 11.5 Å². The van der Waals surface area contributed by atoms with Crippen LogP contribution in [0.1, 0.15) is 40.9 Å². The van der Waals surface area contributed by atoms with Gasteiger partial charge in [0, 0.05) is 6.54 Å². The maximum atomic E-state index is 11.9. The van der Waals surface area contributed by atoms with Gasteiger partial charge in [-0.3, -0.25) is 4.79 Å². The minimum atomic E-state index is -0.176. The number of hydrogen-bond donors (Lipinski definition) is 1. The van der Waals surface area contributed by atoms with Crippen LogP contribution >= 0.6 is 11.5 Å². The van der Waals surface area contributed by atoms with Crippen molar-refractivity contribution in [2.75, 3.05) is 7.11 Å². The molecule has 3 rings (SSSR count). The average Bonchev–Trinajstić information content (AvgIpc) is 3.27. The summed E-state index contributed by atoms with van der Waals surface area (Å²) in [6, 6.07) is 5.75. The van der Waals surface area contributed by atoms with E-state index in [1.165, 1.54) is 19.0 Å². The van der Waals surface area contributed by atoms with E-state index in [2.05, 4.69) is 14.9 Å². The monoisotopic (exact) mass is 333 g/mol. The number of amides is 1. The van der Waals surface area contributed by atoms with Gasteiger partial charge in [-0.25, -0.2) is 0 Å². The lowest BCUT2D eigenvalue weighted by atomic mass is 10.2. The second-order valence-corrected chi connectivity index (χ2v) is 6.26. The Morgan fingerprint density at radius 3 is 2.87 bits per heavy atom. The zero-order chi connectivity index (χ0) is 16.1. The third-order valence-electron chi connectivity index (χ3n) is 3.86. The van der Waals surface area contributed by atoms with Gasteiger partial charge in [-0.05, 0) is 54.9 Å². The molecule has 0 saturated heterocycles. The number of ether oxygens (including phenoxy) is 2. The van der Waals surface area contributed by atoms with Gasteiger partial charge in [0.15, 0.2) is 11.5 Å². The number of carbonyl (C=O) groups excluding carboxylic acids is 1. The van der Waals surface area contributed by atoms with Crippen LogP contribution in [0.2, 0.25) is 0 Å². The van der Waals surface area contributed by atoms with Gasteiger partial charge in [-0.15, -0.1) is 5.10 Å². The van der Waals surface area contributed by atoms with Gasteiger partial charge in [0.2, 0.25) is 0 Å². The highest BCUT2D eigenvalue weighted by molar-refractivity contribution is 7.07. The van der Waals surface area contributed by atoms with Crippen molar-refractivity contribution in [2.24, 2.45) is 0 Å². The van der Waals surface area contributed by atoms with Crippen LogP contribution in [0, 0.1) is 0 Å². The Morgan fingerprint density at radius 1 is 1.35 bits per heavy atom. The fourth-order valence-corrected chi connectivity index (χ4v) is 3.07. The molecule has 1 aliphatic carbocycles. The number of benzene rings is 1. The number of methoxy groups -OCH3 is 1. The molecule has 122 valence electrons. The molecule has 1 amide bonds. The molecule has 0 spiro atoms. The van der Waals surface area contributed by atoms with E-state index in [4.69, 9.17) is 9.47 Å². The van der Waals surface area contributed by atoms with Gasteiger partial charge in [-0.1, -0.05) is 10.6 Å². The molecule has 7 heteroatoms. The summed E-state index contributed by atoms with van der Waals surface area (Å²) in [5, 5.41) is 6.50. The molecule has 6 nitrogen and oxygen atoms in total. The Kier molecular flexibility index (Phi) is 5.07. The topological polar surface area (TPSA) is 73.3 Å². The molecular formula is C16H19N3O3S. The van der Waals surface area contributed by atoms with E-state index in [0.29, 0.717) is 17.2 Å². The molecule has 0 aliphatic heterocycles. The predicted octanol–water partition coefficient (Wildman–Crippen LogP) is 2.80. The first-order chi connectivity index (χ1) is 11.3. The normalized spacial score (nSPS) is 14.7. The molecule has 1 heterocycles. The summed E-state index contributed by atoms with van der Waals surface area (Å²) in [5.74, 6) is 1.29. The lowest BCUT2D eigenvalue weighted by Crippen LogP contribution is -2.21. The molecule has 1 aliphatic rings. The Hall–Kier alpha value is -2.15. The first-order valence-electron chi connectivity index (χ1n) is 7.65. The Morgan fingerprint density at radius 2 is 2.17 bits per heavy atom. The number of nitrogens with one attached hydrogen (secondary N) is 1. The van der Waals surface area contributed by atoms with Gasteiger partial charge >= 0.3 is 0 Å². The van der Waals surface area contributed by atoms with Gasteiger partial charge < -0.3 is 14.8 Å². The maximum Gasteiger partial charge on any atom is 0.264 e. The summed E-state index contributed by atoms with van der Waals surface area (Å²) in [7, 11) is 1.63. The highest BCUT2D eigenvalue weighted by Gasteiger charge is 2.18. The zero-order valence-electron chi connectivity index (χ0n) is 12.9. The van der Waals surface area contributed by atoms with Crippen LogP contribution in [-0.2, 0) is 6.54 Å². The third-order valence-corrected chi connectivity index (χ3v) is 4.53. The fourth-order valence-electron chi connectivity index (χ4n) is 2.64. The number of nitrogens with zero attached hydrogens (tertiary/aromatic N) is 2. The molecule has 1 saturated carbocycles. The smallest absolute Gasteiger partial charge is 0.264 e. The lowest BCUT2D eigenvalue weighted by molar-refractivity contribution is 0.0954. The van der Waals surface area contributed by atoms with Crippen molar-refractivity contribution >= 4 is 17.4 Å². The molecule has 0 bridgehead atoms. The van der Waals surface area contributed by atoms with Crippen molar-refractivity contribution < 1.29 is 14.3 Å². The molecule has 1 fully saturated rings. The quantitative estimate of drug-likeness (QED) is 0.880. The van der Waals surface area contributed by atoms with E-state index >= 15 is 0 Å². The van der Waals surface area contributed by atoms with Gasteiger partial charge in [0.25, 0.3) is 5.91 Å². The molecule has 0 radical (unpaired) electrons. The minimum Gasteiger partial charge on any atom is -0.493 e. The summed E-state index contributed by atoms with van der Waals surface area (Å²) < 4.78 is 15.1. The maximum absolute atomic E-state index is 11.9. The van der Waals surface area contributed by atoms with Crippen molar-refractivity contribution in [3.63, 3.8) is 0 Å². The first-order valence-corrected chi connectivity index (χ1v) is 8.42. The van der Waals surface area contributed by atoms with E-state index in [9.17, 15) is 4.79 Å². The minimum absolute atomic E-state index is 0.176.